The number of amides is 1. The van der Waals surface area contributed by atoms with Gasteiger partial charge in [-0.05, 0) is 19.8 Å². The number of alkyl carbamates (subject to hydrolysis) is 1. The number of hydrogen-bond acceptors (Lipinski definition) is 11. The molecule has 12 nitrogen and oxygen atoms in total. The number of carbonyl (C=O) groups excluding carboxylic acids is 1. The molecule has 3 heterocycles. The van der Waals surface area contributed by atoms with E-state index in [0.29, 0.717) is 23.2 Å². The first-order valence-corrected chi connectivity index (χ1v) is 9.28. The number of carbonyl (C=O) groups is 1. The highest BCUT2D eigenvalue weighted by atomic mass is 32.1. The lowest BCUT2D eigenvalue weighted by atomic mass is 10.2. The molecular formula is C15H23N5O7S. The van der Waals surface area contributed by atoms with Gasteiger partial charge >= 0.3 is 11.0 Å². The van der Waals surface area contributed by atoms with E-state index < -0.39 is 12.3 Å². The molecule has 1 aliphatic heterocycles. The van der Waals surface area contributed by atoms with Gasteiger partial charge in [-0.1, -0.05) is 11.3 Å². The molecule has 1 fully saturated rings. The lowest BCUT2D eigenvalue weighted by Gasteiger charge is -2.14. The van der Waals surface area contributed by atoms with Gasteiger partial charge in [0.1, 0.15) is 10.9 Å². The first-order valence-electron chi connectivity index (χ1n) is 8.46. The molecule has 0 radical (unpaired) electrons. The van der Waals surface area contributed by atoms with Crippen molar-refractivity contribution >= 4 is 33.7 Å². The summed E-state index contributed by atoms with van der Waals surface area (Å²) in [5.74, 6) is 0.00810. The molecule has 1 amide bonds. The second-order valence-corrected chi connectivity index (χ2v) is 6.40. The molecule has 1 saturated heterocycles. The number of nitrogens with one attached hydrogen (secondary N) is 1. The lowest BCUT2D eigenvalue weighted by Crippen LogP contribution is -2.28. The summed E-state index contributed by atoms with van der Waals surface area (Å²) in [6.07, 6.45) is -0.274. The van der Waals surface area contributed by atoms with Gasteiger partial charge in [-0.15, -0.1) is 0 Å². The Morgan fingerprint density at radius 2 is 2.18 bits per heavy atom. The molecule has 2 aromatic rings. The van der Waals surface area contributed by atoms with Crippen molar-refractivity contribution < 1.29 is 29.2 Å². The fraction of sp³-hybridized carbons (Fsp3) is 0.600. The highest BCUT2D eigenvalue weighted by Crippen LogP contribution is 2.33. The summed E-state index contributed by atoms with van der Waals surface area (Å²) in [4.78, 5) is 31.5. The molecular weight excluding hydrogens is 394 g/mol. The van der Waals surface area contributed by atoms with Crippen LogP contribution in [0.1, 0.15) is 26.0 Å². The number of nitrogen functional groups attached to an aromatic ring is 1. The standard InChI is InChI=1S/C14H19N5O6S.CH4O/c1-2-23-13(21)16-6-24-11-9-10(17-12(15)18-11)19(14(22)26-9)8-4-3-7(5-20)25-8;1-2/h7-8,20H,2-6H2,1H3,(H,16,21)(H2,15,17,18);2H,1H3. The minimum atomic E-state index is -0.633. The minimum absolute atomic E-state index is 0.0770. The van der Waals surface area contributed by atoms with Crippen LogP contribution in [0.4, 0.5) is 10.7 Å². The summed E-state index contributed by atoms with van der Waals surface area (Å²) in [6, 6.07) is 0. The predicted octanol–water partition coefficient (Wildman–Crippen LogP) is -0.204. The topological polar surface area (TPSA) is 171 Å². The predicted molar refractivity (Wildman–Crippen MR) is 100 cm³/mol. The molecule has 156 valence electrons. The van der Waals surface area contributed by atoms with Crippen molar-refractivity contribution in [1.82, 2.24) is 19.9 Å². The number of fused-ring (bicyclic) bond motifs is 1. The largest absolute Gasteiger partial charge is 0.455 e. The van der Waals surface area contributed by atoms with Crippen LogP contribution in [0.5, 0.6) is 5.88 Å². The maximum absolute atomic E-state index is 12.4. The Labute approximate surface area is 163 Å². The second-order valence-electron chi connectivity index (χ2n) is 5.44. The number of anilines is 1. The van der Waals surface area contributed by atoms with Crippen molar-refractivity contribution in [2.75, 3.05) is 32.8 Å². The number of aromatic nitrogens is 3. The quantitative estimate of drug-likeness (QED) is 0.461. The fourth-order valence-electron chi connectivity index (χ4n) is 2.62. The average Bonchev–Trinajstić information content (AvgIpc) is 3.27. The first-order chi connectivity index (χ1) is 13.5. The van der Waals surface area contributed by atoms with E-state index in [9.17, 15) is 14.7 Å². The van der Waals surface area contributed by atoms with E-state index in [2.05, 4.69) is 15.3 Å². The summed E-state index contributed by atoms with van der Waals surface area (Å²) in [5, 5.41) is 18.6. The highest BCUT2D eigenvalue weighted by molar-refractivity contribution is 7.16. The van der Waals surface area contributed by atoms with Crippen LogP contribution in [-0.4, -0.2) is 64.0 Å². The van der Waals surface area contributed by atoms with E-state index in [1.54, 1.807) is 6.92 Å². The van der Waals surface area contributed by atoms with Crippen LogP contribution in [0.25, 0.3) is 10.3 Å². The summed E-state index contributed by atoms with van der Waals surface area (Å²) in [5.41, 5.74) is 6.02. The van der Waals surface area contributed by atoms with Crippen LogP contribution < -0.4 is 20.7 Å². The van der Waals surface area contributed by atoms with Gasteiger partial charge in [0.25, 0.3) is 0 Å². The summed E-state index contributed by atoms with van der Waals surface area (Å²) >= 11 is 0.894. The number of rotatable bonds is 6. The SMILES string of the molecule is CCOC(=O)NCOc1nc(N)nc2c1sc(=O)n2C1CCC(CO)O1.CO. The molecule has 2 atom stereocenters. The fourth-order valence-corrected chi connectivity index (χ4v) is 3.52. The van der Waals surface area contributed by atoms with E-state index in [0.717, 1.165) is 18.4 Å². The molecule has 0 saturated carbocycles. The molecule has 1 aliphatic rings. The number of ether oxygens (including phenoxy) is 3. The summed E-state index contributed by atoms with van der Waals surface area (Å²) in [6.45, 7) is 1.60. The Hall–Kier alpha value is -2.48. The van der Waals surface area contributed by atoms with Gasteiger partial charge in [-0.3, -0.25) is 14.7 Å². The minimum Gasteiger partial charge on any atom is -0.455 e. The number of nitrogens with zero attached hydrogens (tertiary/aromatic N) is 3. The van der Waals surface area contributed by atoms with Gasteiger partial charge in [-0.25, -0.2) is 4.79 Å². The summed E-state index contributed by atoms with van der Waals surface area (Å²) in [7, 11) is 1.00. The molecule has 13 heteroatoms. The zero-order valence-electron chi connectivity index (χ0n) is 15.5. The molecule has 2 aromatic heterocycles. The van der Waals surface area contributed by atoms with E-state index in [1.807, 2.05) is 0 Å². The van der Waals surface area contributed by atoms with Crippen LogP contribution >= 0.6 is 11.3 Å². The molecule has 0 spiro atoms. The van der Waals surface area contributed by atoms with Crippen molar-refractivity contribution in [3.63, 3.8) is 0 Å². The first kappa shape index (κ1) is 21.8. The molecule has 0 bridgehead atoms. The van der Waals surface area contributed by atoms with Gasteiger partial charge in [0.05, 0.1) is 19.3 Å². The van der Waals surface area contributed by atoms with E-state index in [4.69, 9.17) is 25.1 Å². The van der Waals surface area contributed by atoms with Crippen molar-refractivity contribution in [1.29, 1.82) is 0 Å². The van der Waals surface area contributed by atoms with Gasteiger partial charge in [0.2, 0.25) is 11.8 Å². The highest BCUT2D eigenvalue weighted by Gasteiger charge is 2.30. The molecule has 0 aliphatic carbocycles. The van der Waals surface area contributed by atoms with E-state index >= 15 is 0 Å². The smallest absolute Gasteiger partial charge is 0.409 e. The lowest BCUT2D eigenvalue weighted by molar-refractivity contribution is -0.0214. The van der Waals surface area contributed by atoms with Gasteiger partial charge < -0.3 is 30.2 Å². The van der Waals surface area contributed by atoms with Gasteiger partial charge in [0, 0.05) is 7.11 Å². The van der Waals surface area contributed by atoms with Gasteiger partial charge in [0.15, 0.2) is 12.4 Å². The third-order valence-corrected chi connectivity index (χ3v) is 4.66. The van der Waals surface area contributed by atoms with E-state index in [1.165, 1.54) is 4.57 Å². The second kappa shape index (κ2) is 10.2. The van der Waals surface area contributed by atoms with Crippen molar-refractivity contribution in [3.8, 4) is 5.88 Å². The van der Waals surface area contributed by atoms with Gasteiger partial charge in [-0.2, -0.15) is 9.97 Å². The average molecular weight is 417 g/mol. The van der Waals surface area contributed by atoms with E-state index in [-0.39, 0.29) is 42.7 Å². The number of aliphatic hydroxyl groups excluding tert-OH is 2. The molecule has 5 N–H and O–H groups in total. The Kier molecular flexibility index (Phi) is 7.92. The Bertz CT molecular complexity index is 855. The molecule has 2 unspecified atom stereocenters. The van der Waals surface area contributed by atoms with Crippen LogP contribution in [-0.2, 0) is 9.47 Å². The van der Waals surface area contributed by atoms with Crippen molar-refractivity contribution in [2.24, 2.45) is 0 Å². The zero-order valence-corrected chi connectivity index (χ0v) is 16.3. The maximum atomic E-state index is 12.4. The normalized spacial score (nSPS) is 18.4. The number of hydrogen-bond donors (Lipinski definition) is 4. The number of nitrogens with two attached hydrogens (primary N) is 1. The molecule has 3 rings (SSSR count). The van der Waals surface area contributed by atoms with Crippen molar-refractivity contribution in [3.05, 3.63) is 9.67 Å². The monoisotopic (exact) mass is 417 g/mol. The van der Waals surface area contributed by atoms with Crippen LogP contribution in [0.2, 0.25) is 0 Å². The van der Waals surface area contributed by atoms with Crippen molar-refractivity contribution in [2.45, 2.75) is 32.1 Å². The molecule has 28 heavy (non-hydrogen) atoms. The zero-order chi connectivity index (χ0) is 20.7. The third kappa shape index (κ3) is 4.86. The Morgan fingerprint density at radius 3 is 2.82 bits per heavy atom. The van der Waals surface area contributed by atoms with Crippen LogP contribution in [0, 0.1) is 0 Å². The summed E-state index contributed by atoms with van der Waals surface area (Å²) < 4.78 is 17.6. The Balaban J connectivity index is 0.00000136. The number of aliphatic hydroxyl groups is 2. The van der Waals surface area contributed by atoms with Crippen LogP contribution in [0.3, 0.4) is 0 Å². The Morgan fingerprint density at radius 1 is 1.43 bits per heavy atom. The number of thiazole rings is 1. The maximum Gasteiger partial charge on any atom is 0.409 e. The molecule has 0 aromatic carbocycles. The van der Waals surface area contributed by atoms with Crippen LogP contribution in [0.15, 0.2) is 4.79 Å². The third-order valence-electron chi connectivity index (χ3n) is 3.73.